The van der Waals surface area contributed by atoms with Gasteiger partial charge in [-0.05, 0) is 36.4 Å². The number of carbonyl (C=O) groups is 1. The molecule has 0 aliphatic carbocycles. The van der Waals surface area contributed by atoms with Crippen LogP contribution in [0.1, 0.15) is 21.6 Å². The van der Waals surface area contributed by atoms with Crippen LogP contribution in [0.25, 0.3) is 5.69 Å². The Hall–Kier alpha value is -4.42. The molecule has 0 atom stereocenters. The summed E-state index contributed by atoms with van der Waals surface area (Å²) < 4.78 is 34.6. The first-order chi connectivity index (χ1) is 16.0. The van der Waals surface area contributed by atoms with Crippen molar-refractivity contribution in [3.05, 3.63) is 102 Å². The van der Waals surface area contributed by atoms with E-state index in [-0.39, 0.29) is 10.6 Å². The zero-order valence-corrected chi connectivity index (χ0v) is 18.3. The summed E-state index contributed by atoms with van der Waals surface area (Å²) in [5.74, 6) is 5.33. The number of esters is 1. The van der Waals surface area contributed by atoms with E-state index in [4.69, 9.17) is 0 Å². The minimum absolute atomic E-state index is 0.0247. The van der Waals surface area contributed by atoms with E-state index in [1.165, 1.54) is 36.4 Å². The van der Waals surface area contributed by atoms with Crippen LogP contribution >= 0.6 is 0 Å². The number of benzene rings is 2. The quantitative estimate of drug-likeness (QED) is 0.364. The molecule has 164 valence electrons. The van der Waals surface area contributed by atoms with Gasteiger partial charge in [-0.3, -0.25) is 4.72 Å². The number of methoxy groups -OCH3 is 1. The fraction of sp³-hybridized carbons (Fsp3) is 0.0417. The Morgan fingerprint density at radius 3 is 2.45 bits per heavy atom. The number of anilines is 1. The van der Waals surface area contributed by atoms with Gasteiger partial charge in [0, 0.05) is 17.3 Å². The molecule has 0 aliphatic rings. The first kappa shape index (κ1) is 21.8. The summed E-state index contributed by atoms with van der Waals surface area (Å²) in [6, 6.07) is 19.2. The molecule has 0 spiro atoms. The van der Waals surface area contributed by atoms with Crippen molar-refractivity contribution in [2.45, 2.75) is 4.90 Å². The lowest BCUT2D eigenvalue weighted by Crippen LogP contribution is -2.13. The third kappa shape index (κ3) is 5.08. The number of ether oxygens (including phenoxy) is 1. The number of nitrogens with one attached hydrogen (secondary N) is 1. The summed E-state index contributed by atoms with van der Waals surface area (Å²) in [7, 11) is -2.61. The number of pyridine rings is 1. The van der Waals surface area contributed by atoms with Crippen LogP contribution in [-0.2, 0) is 14.8 Å². The standard InChI is InChI=1S/C24H18N4O4S/c1-32-24(29)23-14-12-18(15-25-23)11-13-19-7-5-6-10-22(19)27-33(30,31)21-16-26-28(17-21)20-8-3-2-4-9-20/h2-10,12,14-17,27H,1H3. The number of aromatic nitrogens is 3. The lowest BCUT2D eigenvalue weighted by molar-refractivity contribution is 0.0594. The molecule has 1 N–H and O–H groups in total. The van der Waals surface area contributed by atoms with Crippen LogP contribution in [0.4, 0.5) is 5.69 Å². The molecule has 0 bridgehead atoms. The van der Waals surface area contributed by atoms with Gasteiger partial charge in [-0.2, -0.15) is 5.10 Å². The van der Waals surface area contributed by atoms with Crippen molar-refractivity contribution in [1.82, 2.24) is 14.8 Å². The molecule has 0 amide bonds. The van der Waals surface area contributed by atoms with E-state index < -0.39 is 16.0 Å². The predicted molar refractivity (Wildman–Crippen MR) is 122 cm³/mol. The Labute approximate surface area is 190 Å². The Morgan fingerprint density at radius 1 is 0.970 bits per heavy atom. The smallest absolute Gasteiger partial charge is 0.356 e. The van der Waals surface area contributed by atoms with E-state index in [2.05, 4.69) is 31.4 Å². The van der Waals surface area contributed by atoms with Crippen LogP contribution < -0.4 is 4.72 Å². The number of sulfonamides is 1. The van der Waals surface area contributed by atoms with Crippen molar-refractivity contribution >= 4 is 21.7 Å². The molecular formula is C24H18N4O4S. The van der Waals surface area contributed by atoms with Gasteiger partial charge in [0.25, 0.3) is 10.0 Å². The molecule has 2 heterocycles. The summed E-state index contributed by atoms with van der Waals surface area (Å²) in [6.45, 7) is 0. The number of rotatable bonds is 5. The number of hydrogen-bond acceptors (Lipinski definition) is 6. The van der Waals surface area contributed by atoms with Crippen LogP contribution in [0.15, 0.2) is 90.2 Å². The van der Waals surface area contributed by atoms with Crippen molar-refractivity contribution in [3.8, 4) is 17.5 Å². The lowest BCUT2D eigenvalue weighted by Gasteiger charge is -2.08. The van der Waals surface area contributed by atoms with E-state index in [1.54, 1.807) is 30.3 Å². The fourth-order valence-electron chi connectivity index (χ4n) is 2.88. The van der Waals surface area contributed by atoms with Gasteiger partial charge >= 0.3 is 5.97 Å². The van der Waals surface area contributed by atoms with Gasteiger partial charge in [-0.25, -0.2) is 22.9 Å². The highest BCUT2D eigenvalue weighted by atomic mass is 32.2. The van der Waals surface area contributed by atoms with E-state index in [1.807, 2.05) is 30.3 Å². The van der Waals surface area contributed by atoms with E-state index in [9.17, 15) is 13.2 Å². The van der Waals surface area contributed by atoms with Crippen molar-refractivity contribution in [2.75, 3.05) is 11.8 Å². The Morgan fingerprint density at radius 2 is 1.73 bits per heavy atom. The van der Waals surface area contributed by atoms with Gasteiger partial charge in [0.1, 0.15) is 10.6 Å². The Balaban J connectivity index is 1.57. The van der Waals surface area contributed by atoms with E-state index in [0.717, 1.165) is 5.69 Å². The topological polar surface area (TPSA) is 103 Å². The molecular weight excluding hydrogens is 440 g/mol. The second-order valence-electron chi connectivity index (χ2n) is 6.78. The Bertz CT molecular complexity index is 1450. The highest BCUT2D eigenvalue weighted by Crippen LogP contribution is 2.20. The maximum absolute atomic E-state index is 12.9. The molecule has 9 heteroatoms. The highest BCUT2D eigenvalue weighted by molar-refractivity contribution is 7.92. The number of para-hydroxylation sites is 2. The molecule has 2 aromatic heterocycles. The van der Waals surface area contributed by atoms with Gasteiger partial charge in [0.05, 0.1) is 30.9 Å². The van der Waals surface area contributed by atoms with E-state index in [0.29, 0.717) is 16.8 Å². The SMILES string of the molecule is COC(=O)c1ccc(C#Cc2ccccc2NS(=O)(=O)c2cnn(-c3ccccc3)c2)cn1. The Kier molecular flexibility index (Phi) is 6.20. The molecule has 4 rings (SSSR count). The van der Waals surface area contributed by atoms with Gasteiger partial charge in [0.15, 0.2) is 0 Å². The van der Waals surface area contributed by atoms with Crippen LogP contribution in [0.3, 0.4) is 0 Å². The van der Waals surface area contributed by atoms with Gasteiger partial charge in [0.2, 0.25) is 0 Å². The monoisotopic (exact) mass is 458 g/mol. The summed E-state index contributed by atoms with van der Waals surface area (Å²) >= 11 is 0. The van der Waals surface area contributed by atoms with E-state index >= 15 is 0 Å². The number of nitrogens with zero attached hydrogens (tertiary/aromatic N) is 3. The first-order valence-electron chi connectivity index (χ1n) is 9.74. The van der Waals surface area contributed by atoms with Crippen LogP contribution in [-0.4, -0.2) is 36.3 Å². The maximum atomic E-state index is 12.9. The zero-order valence-electron chi connectivity index (χ0n) is 17.5. The maximum Gasteiger partial charge on any atom is 0.356 e. The van der Waals surface area contributed by atoms with Gasteiger partial charge < -0.3 is 4.74 Å². The molecule has 2 aromatic carbocycles. The highest BCUT2D eigenvalue weighted by Gasteiger charge is 2.18. The van der Waals surface area contributed by atoms with Crippen LogP contribution in [0, 0.1) is 11.8 Å². The average molecular weight is 458 g/mol. The van der Waals surface area contributed by atoms with Crippen molar-refractivity contribution in [2.24, 2.45) is 0 Å². The average Bonchev–Trinajstić information content (AvgIpc) is 3.35. The van der Waals surface area contributed by atoms with Crippen molar-refractivity contribution in [1.29, 1.82) is 0 Å². The minimum atomic E-state index is -3.89. The predicted octanol–water partition coefficient (Wildman–Crippen LogP) is 3.25. The lowest BCUT2D eigenvalue weighted by atomic mass is 10.1. The van der Waals surface area contributed by atoms with Crippen molar-refractivity contribution in [3.63, 3.8) is 0 Å². The van der Waals surface area contributed by atoms with Gasteiger partial charge in [-0.15, -0.1) is 0 Å². The molecule has 0 unspecified atom stereocenters. The number of hydrogen-bond donors (Lipinski definition) is 1. The molecule has 4 aromatic rings. The number of carbonyl (C=O) groups excluding carboxylic acids is 1. The summed E-state index contributed by atoms with van der Waals surface area (Å²) in [4.78, 5) is 15.5. The minimum Gasteiger partial charge on any atom is -0.464 e. The summed E-state index contributed by atoms with van der Waals surface area (Å²) in [6.07, 6.45) is 4.18. The fourth-order valence-corrected chi connectivity index (χ4v) is 3.89. The molecule has 33 heavy (non-hydrogen) atoms. The normalized spacial score (nSPS) is 10.7. The second-order valence-corrected chi connectivity index (χ2v) is 8.46. The van der Waals surface area contributed by atoms with Crippen LogP contribution in [0.5, 0.6) is 0 Å². The zero-order chi connectivity index (χ0) is 23.3. The first-order valence-corrected chi connectivity index (χ1v) is 11.2. The van der Waals surface area contributed by atoms with Crippen molar-refractivity contribution < 1.29 is 17.9 Å². The van der Waals surface area contributed by atoms with Crippen LogP contribution in [0.2, 0.25) is 0 Å². The molecule has 0 fully saturated rings. The largest absolute Gasteiger partial charge is 0.464 e. The molecule has 0 aliphatic heterocycles. The molecule has 0 radical (unpaired) electrons. The third-order valence-corrected chi connectivity index (χ3v) is 5.88. The summed E-state index contributed by atoms with van der Waals surface area (Å²) in [5, 5.41) is 4.15. The van der Waals surface area contributed by atoms with Gasteiger partial charge in [-0.1, -0.05) is 42.2 Å². The molecule has 0 saturated carbocycles. The summed E-state index contributed by atoms with van der Waals surface area (Å²) in [5.41, 5.74) is 2.29. The second kappa shape index (κ2) is 9.38. The molecule has 0 saturated heterocycles. The third-order valence-electron chi connectivity index (χ3n) is 4.56. The molecule has 8 nitrogen and oxygen atoms in total.